The van der Waals surface area contributed by atoms with E-state index in [-0.39, 0.29) is 18.6 Å². The predicted molar refractivity (Wildman–Crippen MR) is 72.0 cm³/mol. The highest BCUT2D eigenvalue weighted by Gasteiger charge is 2.31. The Morgan fingerprint density at radius 3 is 2.80 bits per heavy atom. The molecule has 1 aliphatic heterocycles. The molecule has 1 N–H and O–H groups in total. The van der Waals surface area contributed by atoms with E-state index < -0.39 is 11.6 Å². The van der Waals surface area contributed by atoms with E-state index in [4.69, 9.17) is 0 Å². The van der Waals surface area contributed by atoms with Crippen molar-refractivity contribution in [1.82, 2.24) is 15.1 Å². The van der Waals surface area contributed by atoms with E-state index in [2.05, 4.69) is 10.2 Å². The monoisotopic (exact) mass is 283 g/mol. The summed E-state index contributed by atoms with van der Waals surface area (Å²) in [5.41, 5.74) is 0.564. The molecular weight excluding hydrogens is 264 g/mol. The number of benzene rings is 1. The zero-order valence-corrected chi connectivity index (χ0v) is 11.7. The maximum Gasteiger partial charge on any atom is 0.238 e. The average molecular weight is 283 g/mol. The molecule has 110 valence electrons. The van der Waals surface area contributed by atoms with E-state index in [1.54, 1.807) is 4.90 Å². The normalized spacial score (nSPS) is 19.1. The van der Waals surface area contributed by atoms with Crippen molar-refractivity contribution in [3.8, 4) is 0 Å². The van der Waals surface area contributed by atoms with Gasteiger partial charge in [0.15, 0.2) is 11.6 Å². The van der Waals surface area contributed by atoms with Crippen molar-refractivity contribution in [1.29, 1.82) is 0 Å². The summed E-state index contributed by atoms with van der Waals surface area (Å²) in [4.78, 5) is 15.6. The first-order valence-electron chi connectivity index (χ1n) is 6.69. The van der Waals surface area contributed by atoms with E-state index in [9.17, 15) is 13.6 Å². The highest BCUT2D eigenvalue weighted by atomic mass is 19.2. The van der Waals surface area contributed by atoms with E-state index in [0.29, 0.717) is 12.1 Å². The van der Waals surface area contributed by atoms with Crippen LogP contribution in [0.4, 0.5) is 8.78 Å². The van der Waals surface area contributed by atoms with Crippen molar-refractivity contribution >= 4 is 5.91 Å². The quantitative estimate of drug-likeness (QED) is 0.886. The van der Waals surface area contributed by atoms with Gasteiger partial charge in [-0.25, -0.2) is 8.78 Å². The molecule has 0 aliphatic carbocycles. The van der Waals surface area contributed by atoms with Crippen molar-refractivity contribution in [2.24, 2.45) is 0 Å². The third kappa shape index (κ3) is 3.13. The fourth-order valence-electron chi connectivity index (χ4n) is 2.21. The van der Waals surface area contributed by atoms with Crippen LogP contribution in [0, 0.1) is 11.6 Å². The molecule has 4 nitrogen and oxygen atoms in total. The Morgan fingerprint density at radius 2 is 2.15 bits per heavy atom. The average Bonchev–Trinajstić information content (AvgIpc) is 2.80. The molecular formula is C14H19F2N3O. The van der Waals surface area contributed by atoms with Crippen LogP contribution in [0.25, 0.3) is 0 Å². The van der Waals surface area contributed by atoms with Crippen LogP contribution >= 0.6 is 0 Å². The molecule has 0 aromatic heterocycles. The Labute approximate surface area is 117 Å². The first-order valence-corrected chi connectivity index (χ1v) is 6.69. The minimum atomic E-state index is -0.894. The van der Waals surface area contributed by atoms with Gasteiger partial charge in [-0.3, -0.25) is 10.1 Å². The first-order chi connectivity index (χ1) is 9.52. The van der Waals surface area contributed by atoms with Crippen molar-refractivity contribution in [2.45, 2.75) is 13.1 Å². The summed E-state index contributed by atoms with van der Waals surface area (Å²) in [6.45, 7) is 4.45. The molecule has 1 aromatic rings. The molecule has 1 aliphatic rings. The Bertz CT molecular complexity index is 495. The lowest BCUT2D eigenvalue weighted by Crippen LogP contribution is -2.37. The minimum absolute atomic E-state index is 0.0239. The predicted octanol–water partition coefficient (Wildman–Crippen LogP) is 1.35. The largest absolute Gasteiger partial charge is 0.321 e. The van der Waals surface area contributed by atoms with Gasteiger partial charge in [-0.05, 0) is 31.3 Å². The van der Waals surface area contributed by atoms with E-state index in [1.165, 1.54) is 6.07 Å². The van der Waals surface area contributed by atoms with Crippen LogP contribution in [0.15, 0.2) is 18.2 Å². The Balaban J connectivity index is 2.12. The number of rotatable bonds is 5. The Hall–Kier alpha value is -1.53. The van der Waals surface area contributed by atoms with E-state index >= 15 is 0 Å². The number of hydrogen-bond acceptors (Lipinski definition) is 3. The lowest BCUT2D eigenvalue weighted by atomic mass is 10.1. The molecule has 0 bridgehead atoms. The molecule has 2 rings (SSSR count). The Morgan fingerprint density at radius 1 is 1.40 bits per heavy atom. The van der Waals surface area contributed by atoms with Crippen molar-refractivity contribution in [3.63, 3.8) is 0 Å². The van der Waals surface area contributed by atoms with Crippen molar-refractivity contribution < 1.29 is 13.6 Å². The van der Waals surface area contributed by atoms with Crippen LogP contribution in [-0.2, 0) is 4.79 Å². The van der Waals surface area contributed by atoms with Gasteiger partial charge in [0.1, 0.15) is 6.17 Å². The third-order valence-electron chi connectivity index (χ3n) is 3.60. The van der Waals surface area contributed by atoms with E-state index in [1.807, 2.05) is 14.0 Å². The van der Waals surface area contributed by atoms with Gasteiger partial charge >= 0.3 is 0 Å². The summed E-state index contributed by atoms with van der Waals surface area (Å²) in [5, 5.41) is 3.03. The molecule has 1 amide bonds. The molecule has 1 fully saturated rings. The molecule has 1 aromatic carbocycles. The van der Waals surface area contributed by atoms with Crippen LogP contribution in [0.1, 0.15) is 18.7 Å². The summed E-state index contributed by atoms with van der Waals surface area (Å²) in [6, 6.07) is 3.73. The lowest BCUT2D eigenvalue weighted by molar-refractivity contribution is -0.128. The highest BCUT2D eigenvalue weighted by molar-refractivity contribution is 5.80. The van der Waals surface area contributed by atoms with Gasteiger partial charge in [-0.2, -0.15) is 0 Å². The maximum absolute atomic E-state index is 13.3. The van der Waals surface area contributed by atoms with Gasteiger partial charge < -0.3 is 9.80 Å². The number of nitrogens with one attached hydrogen (secondary N) is 1. The van der Waals surface area contributed by atoms with Crippen LogP contribution < -0.4 is 5.32 Å². The summed E-state index contributed by atoms with van der Waals surface area (Å²) in [6.07, 6.45) is -0.386. The number of likely N-dealkylation sites (N-methyl/N-ethyl adjacent to an activating group) is 1. The number of nitrogens with zero attached hydrogens (tertiary/aromatic N) is 2. The third-order valence-corrected chi connectivity index (χ3v) is 3.60. The van der Waals surface area contributed by atoms with Crippen LogP contribution in [0.3, 0.4) is 0 Å². The topological polar surface area (TPSA) is 35.6 Å². The molecule has 20 heavy (non-hydrogen) atoms. The summed E-state index contributed by atoms with van der Waals surface area (Å²) in [5.74, 6) is -1.80. The molecule has 0 saturated carbocycles. The highest BCUT2D eigenvalue weighted by Crippen LogP contribution is 2.23. The smallest absolute Gasteiger partial charge is 0.238 e. The molecule has 1 heterocycles. The first kappa shape index (κ1) is 14.9. The maximum atomic E-state index is 13.3. The zero-order valence-electron chi connectivity index (χ0n) is 11.7. The lowest BCUT2D eigenvalue weighted by Gasteiger charge is -2.26. The Kier molecular flexibility index (Phi) is 4.67. The molecule has 0 spiro atoms. The van der Waals surface area contributed by atoms with Gasteiger partial charge in [-0.1, -0.05) is 13.0 Å². The second-order valence-electron chi connectivity index (χ2n) is 4.94. The van der Waals surface area contributed by atoms with Crippen molar-refractivity contribution in [2.75, 3.05) is 33.2 Å². The second kappa shape index (κ2) is 6.28. The number of carbonyl (C=O) groups excluding carboxylic acids is 1. The number of amides is 1. The number of hydrogen-bond donors (Lipinski definition) is 1. The second-order valence-corrected chi connectivity index (χ2v) is 4.94. The summed E-state index contributed by atoms with van der Waals surface area (Å²) >= 11 is 0. The summed E-state index contributed by atoms with van der Waals surface area (Å²) in [7, 11) is 1.97. The van der Waals surface area contributed by atoms with Crippen LogP contribution in [-0.4, -0.2) is 48.9 Å². The van der Waals surface area contributed by atoms with Gasteiger partial charge in [0, 0.05) is 13.1 Å². The minimum Gasteiger partial charge on any atom is -0.321 e. The number of halogens is 2. The van der Waals surface area contributed by atoms with E-state index in [0.717, 1.165) is 25.2 Å². The molecule has 1 unspecified atom stereocenters. The summed E-state index contributed by atoms with van der Waals surface area (Å²) < 4.78 is 26.3. The molecule has 1 atom stereocenters. The van der Waals surface area contributed by atoms with Crippen LogP contribution in [0.2, 0.25) is 0 Å². The van der Waals surface area contributed by atoms with Gasteiger partial charge in [-0.15, -0.1) is 0 Å². The van der Waals surface area contributed by atoms with Gasteiger partial charge in [0.2, 0.25) is 5.91 Å². The fraction of sp³-hybridized carbons (Fsp3) is 0.500. The molecule has 6 heteroatoms. The van der Waals surface area contributed by atoms with Gasteiger partial charge in [0.05, 0.1) is 6.54 Å². The van der Waals surface area contributed by atoms with Crippen molar-refractivity contribution in [3.05, 3.63) is 35.4 Å². The zero-order chi connectivity index (χ0) is 14.7. The van der Waals surface area contributed by atoms with Gasteiger partial charge in [0.25, 0.3) is 0 Å². The number of carbonyl (C=O) groups is 1. The van der Waals surface area contributed by atoms with Crippen LogP contribution in [0.5, 0.6) is 0 Å². The standard InChI is InChI=1S/C14H19F2N3O/c1-3-18(2)6-7-19-13(20)9-17-14(19)10-4-5-11(15)12(16)8-10/h4-5,8,14,17H,3,6-7,9H2,1-2H3. The molecule has 0 radical (unpaired) electrons. The SMILES string of the molecule is CCN(C)CCN1C(=O)CNC1c1ccc(F)c(F)c1. The molecule has 1 saturated heterocycles. The fourth-order valence-corrected chi connectivity index (χ4v) is 2.21.